The van der Waals surface area contributed by atoms with E-state index in [1.54, 1.807) is 0 Å². The molecule has 0 amide bonds. The zero-order valence-electron chi connectivity index (χ0n) is 11.2. The second kappa shape index (κ2) is 17.8. The maximum atomic E-state index is 9.74. The summed E-state index contributed by atoms with van der Waals surface area (Å²) >= 11 is 0. The Labute approximate surface area is 180 Å². The largest absolute Gasteiger partial charge is 2.00 e. The Balaban J connectivity index is -0.0000000483. The van der Waals surface area contributed by atoms with Crippen LogP contribution in [-0.2, 0) is 49.9 Å². The molecule has 0 saturated carbocycles. The Morgan fingerprint density at radius 3 is 1.04 bits per heavy atom. The molecule has 0 heterocycles. The molecule has 0 aromatic carbocycles. The van der Waals surface area contributed by atoms with E-state index in [1.165, 1.54) is 0 Å². The fourth-order valence-corrected chi connectivity index (χ4v) is 0.264. The van der Waals surface area contributed by atoms with Crippen LogP contribution in [0.3, 0.4) is 0 Å². The summed E-state index contributed by atoms with van der Waals surface area (Å²) in [6, 6.07) is 0. The molecule has 0 spiro atoms. The van der Waals surface area contributed by atoms with E-state index in [1.807, 2.05) is 0 Å². The molecule has 0 aliphatic rings. The quantitative estimate of drug-likeness (QED) is 0.203. The summed E-state index contributed by atoms with van der Waals surface area (Å²) in [5.41, 5.74) is 0. The van der Waals surface area contributed by atoms with Crippen molar-refractivity contribution in [3.8, 4) is 0 Å². The summed E-state index contributed by atoms with van der Waals surface area (Å²) in [5, 5.41) is 34.1. The molecule has 23 heavy (non-hydrogen) atoms. The van der Waals surface area contributed by atoms with Crippen LogP contribution in [0.15, 0.2) is 0 Å². The van der Waals surface area contributed by atoms with Gasteiger partial charge in [-0.2, -0.15) is 0 Å². The van der Waals surface area contributed by atoms with Crippen molar-refractivity contribution in [1.82, 2.24) is 0 Å². The number of carbonyl (C=O) groups is 2. The van der Waals surface area contributed by atoms with Crippen LogP contribution in [-0.4, -0.2) is 97.6 Å². The number of carboxylic acids is 2. The fraction of sp³-hybridized carbons (Fsp3) is 0.500. The van der Waals surface area contributed by atoms with Gasteiger partial charge in [-0.1, -0.05) is 0 Å². The van der Waals surface area contributed by atoms with Gasteiger partial charge in [-0.25, -0.2) is 4.79 Å². The van der Waals surface area contributed by atoms with Crippen LogP contribution in [0.4, 0.5) is 0 Å². The van der Waals surface area contributed by atoms with E-state index in [0.29, 0.717) is 0 Å². The summed E-state index contributed by atoms with van der Waals surface area (Å²) in [7, 11) is -10.3. The third kappa shape index (κ3) is 60.0. The zero-order valence-corrected chi connectivity index (χ0v) is 19.2. The Hall–Kier alpha value is 0.990. The van der Waals surface area contributed by atoms with Gasteiger partial charge in [0, 0.05) is 20.8 Å². The standard InChI is InChI=1S/C4H6O6.Mg.Na.2H2O4S.Zn/c5-1(3(7)8)2(6)4(9)10;;;2*1-5(2,3)4;/h1-2,5-6H,(H,7,8)(H,9,10);;;2*(H2,1,2,3,4);/q;+2;+1;;;+2/p-5. The van der Waals surface area contributed by atoms with Gasteiger partial charge < -0.3 is 43.4 Å². The molecule has 14 nitrogen and oxygen atoms in total. The Bertz CT molecular complexity index is 453. The normalized spacial score (nSPS) is 11.9. The third-order valence-electron chi connectivity index (χ3n) is 0.794. The topological polar surface area (TPSA) is 278 Å². The Morgan fingerprint density at radius 2 is 1.00 bits per heavy atom. The van der Waals surface area contributed by atoms with E-state index in [4.69, 9.17) is 50.4 Å². The number of aliphatic hydroxyl groups is 2. The van der Waals surface area contributed by atoms with Gasteiger partial charge in [0.15, 0.2) is 6.10 Å². The van der Waals surface area contributed by atoms with E-state index in [2.05, 4.69) is 0 Å². The number of aliphatic hydroxyl groups excluding tert-OH is 2. The molecule has 0 bridgehead atoms. The van der Waals surface area contributed by atoms with Crippen molar-refractivity contribution in [2.24, 2.45) is 0 Å². The van der Waals surface area contributed by atoms with E-state index in [0.717, 1.165) is 0 Å². The maximum absolute atomic E-state index is 9.74. The summed E-state index contributed by atoms with van der Waals surface area (Å²) in [4.78, 5) is 19.4. The van der Waals surface area contributed by atoms with Crippen LogP contribution in [0.25, 0.3) is 0 Å². The molecule has 0 aromatic rings. The van der Waals surface area contributed by atoms with Gasteiger partial charge in [-0.3, -0.25) is 16.8 Å². The SMILES string of the molecule is O=C([O-])C(O)C(O)C(=O)O.O=S(=O)([O-])[O-].O=S(=O)([O-])[O-].[Mg+2].[Na+].[Zn+2]. The molecule has 19 heteroatoms. The van der Waals surface area contributed by atoms with Crippen LogP contribution in [0, 0.1) is 0 Å². The maximum Gasteiger partial charge on any atom is 2.00 e. The molecular weight excluding hydrogens is 449 g/mol. The number of carbonyl (C=O) groups excluding carboxylic acids is 1. The predicted molar refractivity (Wildman–Crippen MR) is 51.4 cm³/mol. The minimum absolute atomic E-state index is 0. The number of carboxylic acid groups (broad SMARTS) is 2. The van der Waals surface area contributed by atoms with Gasteiger partial charge in [-0.05, 0) is 0 Å². The van der Waals surface area contributed by atoms with Gasteiger partial charge in [0.2, 0.25) is 0 Å². The molecule has 0 saturated heterocycles. The zero-order chi connectivity index (χ0) is 17.3. The molecule has 122 valence electrons. The molecule has 2 atom stereocenters. The number of aliphatic carboxylic acids is 2. The van der Waals surface area contributed by atoms with Crippen molar-refractivity contribution in [2.45, 2.75) is 12.2 Å². The average molecular weight is 454 g/mol. The summed E-state index contributed by atoms with van der Waals surface area (Å²) in [6.45, 7) is 0. The van der Waals surface area contributed by atoms with Crippen molar-refractivity contribution in [1.29, 1.82) is 0 Å². The van der Waals surface area contributed by atoms with Gasteiger partial charge in [0.1, 0.15) is 6.10 Å². The van der Waals surface area contributed by atoms with Crippen molar-refractivity contribution >= 4 is 55.8 Å². The smallest absolute Gasteiger partial charge is 0.759 e. The van der Waals surface area contributed by atoms with E-state index < -0.39 is 44.9 Å². The summed E-state index contributed by atoms with van der Waals surface area (Å²) < 4.78 is 68.2. The van der Waals surface area contributed by atoms with Crippen molar-refractivity contribution in [2.75, 3.05) is 0 Å². The third-order valence-corrected chi connectivity index (χ3v) is 0.794. The Kier molecular flexibility index (Phi) is 30.3. The van der Waals surface area contributed by atoms with Crippen molar-refractivity contribution < 1.29 is 114 Å². The molecule has 0 radical (unpaired) electrons. The van der Waals surface area contributed by atoms with Crippen molar-refractivity contribution in [3.05, 3.63) is 0 Å². The monoisotopic (exact) mass is 452 g/mol. The first kappa shape index (κ1) is 39.2. The molecule has 2 unspecified atom stereocenters. The van der Waals surface area contributed by atoms with Crippen LogP contribution >= 0.6 is 0 Å². The second-order valence-electron chi connectivity index (χ2n) is 2.36. The molecule has 3 N–H and O–H groups in total. The molecule has 0 aliphatic carbocycles. The van der Waals surface area contributed by atoms with Crippen molar-refractivity contribution in [3.63, 3.8) is 0 Å². The first-order chi connectivity index (χ1) is 8.46. The minimum Gasteiger partial charge on any atom is -0.759 e. The van der Waals surface area contributed by atoms with Gasteiger partial charge in [0.25, 0.3) is 0 Å². The second-order valence-corrected chi connectivity index (χ2v) is 4.00. The number of hydrogen-bond donors (Lipinski definition) is 3. The van der Waals surface area contributed by atoms with Crippen LogP contribution < -0.4 is 34.7 Å². The first-order valence-electron chi connectivity index (χ1n) is 3.60. The minimum atomic E-state index is -5.17. The fourth-order valence-electron chi connectivity index (χ4n) is 0.264. The van der Waals surface area contributed by atoms with E-state index in [-0.39, 0.29) is 72.1 Å². The molecule has 0 fully saturated rings. The first-order valence-corrected chi connectivity index (χ1v) is 6.26. The van der Waals surface area contributed by atoms with Crippen LogP contribution in [0.2, 0.25) is 0 Å². The van der Waals surface area contributed by atoms with Gasteiger partial charge in [-0.15, -0.1) is 0 Å². The van der Waals surface area contributed by atoms with E-state index >= 15 is 0 Å². The molecule has 0 aliphatic heterocycles. The molecular formula is C4H5MgNaO14S2Zn. The summed E-state index contributed by atoms with van der Waals surface area (Å²) in [5.74, 6) is -3.83. The predicted octanol–water partition coefficient (Wildman–Crippen LogP) is -9.51. The summed E-state index contributed by atoms with van der Waals surface area (Å²) in [6.07, 6.45) is -4.71. The van der Waals surface area contributed by atoms with Gasteiger partial charge in [0.05, 0.1) is 5.97 Å². The molecule has 0 rings (SSSR count). The van der Waals surface area contributed by atoms with Crippen LogP contribution in [0.5, 0.6) is 0 Å². The number of hydrogen-bond acceptors (Lipinski definition) is 13. The average Bonchev–Trinajstić information content (AvgIpc) is 2.09. The van der Waals surface area contributed by atoms with Gasteiger partial charge >= 0.3 is 78.1 Å². The van der Waals surface area contributed by atoms with E-state index in [9.17, 15) is 14.7 Å². The van der Waals surface area contributed by atoms with Crippen LogP contribution in [0.1, 0.15) is 0 Å². The Morgan fingerprint density at radius 1 is 0.826 bits per heavy atom. The number of rotatable bonds is 3. The molecule has 0 aromatic heterocycles.